The molecule has 2 rings (SSSR count). The lowest BCUT2D eigenvalue weighted by molar-refractivity contribution is -0.122. The monoisotopic (exact) mass is 261 g/mol. The van der Waals surface area contributed by atoms with E-state index in [4.69, 9.17) is 5.11 Å². The van der Waals surface area contributed by atoms with E-state index in [-0.39, 0.29) is 18.6 Å². The molecule has 1 aromatic carbocycles. The van der Waals surface area contributed by atoms with Gasteiger partial charge >= 0.3 is 0 Å². The molecule has 1 aliphatic rings. The molecule has 1 aliphatic carbocycles. The van der Waals surface area contributed by atoms with Crippen molar-refractivity contribution in [1.29, 1.82) is 0 Å². The van der Waals surface area contributed by atoms with Gasteiger partial charge in [-0.2, -0.15) is 0 Å². The normalized spacial score (nSPS) is 18.9. The summed E-state index contributed by atoms with van der Waals surface area (Å²) in [6, 6.07) is 8.58. The summed E-state index contributed by atoms with van der Waals surface area (Å²) in [5.74, 6) is 0.508. The molecule has 0 spiro atoms. The first kappa shape index (κ1) is 14.1. The van der Waals surface area contributed by atoms with Crippen molar-refractivity contribution in [2.45, 2.75) is 51.0 Å². The molecule has 0 aromatic heterocycles. The van der Waals surface area contributed by atoms with E-state index in [1.54, 1.807) is 0 Å². The van der Waals surface area contributed by atoms with Crippen LogP contribution in [0.15, 0.2) is 24.3 Å². The third-order valence-corrected chi connectivity index (χ3v) is 3.89. The summed E-state index contributed by atoms with van der Waals surface area (Å²) in [7, 11) is 0. The number of aryl methyl sites for hydroxylation is 1. The molecule has 3 nitrogen and oxygen atoms in total. The highest BCUT2D eigenvalue weighted by molar-refractivity contribution is 5.77. The summed E-state index contributed by atoms with van der Waals surface area (Å²) in [4.78, 5) is 12.0. The molecule has 1 aromatic rings. The number of carbonyl (C=O) groups is 1. The fraction of sp³-hybridized carbons (Fsp3) is 0.562. The molecule has 2 unspecified atom stereocenters. The number of rotatable bonds is 6. The predicted octanol–water partition coefficient (Wildman–Crippen LogP) is 2.38. The second kappa shape index (κ2) is 6.71. The van der Waals surface area contributed by atoms with Gasteiger partial charge in [0.25, 0.3) is 0 Å². The predicted molar refractivity (Wildman–Crippen MR) is 76.0 cm³/mol. The van der Waals surface area contributed by atoms with E-state index in [1.807, 2.05) is 6.92 Å². The van der Waals surface area contributed by atoms with Crippen molar-refractivity contribution >= 4 is 5.91 Å². The zero-order valence-corrected chi connectivity index (χ0v) is 11.6. The van der Waals surface area contributed by atoms with Gasteiger partial charge in [-0.3, -0.25) is 4.79 Å². The Morgan fingerprint density at radius 2 is 2.26 bits per heavy atom. The topological polar surface area (TPSA) is 49.3 Å². The van der Waals surface area contributed by atoms with Gasteiger partial charge in [-0.05, 0) is 49.7 Å². The number of fused-ring (bicyclic) bond motifs is 1. The maximum Gasteiger partial charge on any atom is 0.220 e. The van der Waals surface area contributed by atoms with Gasteiger partial charge in [0.1, 0.15) is 0 Å². The average Bonchev–Trinajstić information content (AvgIpc) is 2.80. The molecular weight excluding hydrogens is 238 g/mol. The van der Waals surface area contributed by atoms with E-state index < -0.39 is 0 Å². The first-order valence-electron chi connectivity index (χ1n) is 7.18. The summed E-state index contributed by atoms with van der Waals surface area (Å²) < 4.78 is 0. The maximum absolute atomic E-state index is 12.0. The SMILES string of the molecule is CC(CCCO)NC(=O)CC1CCc2ccccc21. The zero-order valence-electron chi connectivity index (χ0n) is 11.6. The van der Waals surface area contributed by atoms with Gasteiger partial charge in [-0.25, -0.2) is 0 Å². The number of carbonyl (C=O) groups excluding carboxylic acids is 1. The molecule has 0 saturated carbocycles. The van der Waals surface area contributed by atoms with Gasteiger partial charge in [0, 0.05) is 19.1 Å². The molecular formula is C16H23NO2. The minimum Gasteiger partial charge on any atom is -0.396 e. The lowest BCUT2D eigenvalue weighted by atomic mass is 9.97. The second-order valence-corrected chi connectivity index (χ2v) is 5.47. The summed E-state index contributed by atoms with van der Waals surface area (Å²) in [5, 5.41) is 11.8. The highest BCUT2D eigenvalue weighted by Crippen LogP contribution is 2.35. The van der Waals surface area contributed by atoms with Gasteiger partial charge in [-0.15, -0.1) is 0 Å². The van der Waals surface area contributed by atoms with E-state index >= 15 is 0 Å². The van der Waals surface area contributed by atoms with Crippen LogP contribution in [0.5, 0.6) is 0 Å². The number of hydrogen-bond donors (Lipinski definition) is 2. The van der Waals surface area contributed by atoms with Crippen LogP contribution in [0.4, 0.5) is 0 Å². The van der Waals surface area contributed by atoms with E-state index in [0.29, 0.717) is 12.3 Å². The number of aliphatic hydroxyl groups is 1. The molecule has 0 aliphatic heterocycles. The number of hydrogen-bond acceptors (Lipinski definition) is 2. The van der Waals surface area contributed by atoms with Gasteiger partial charge in [0.2, 0.25) is 5.91 Å². The molecule has 2 atom stereocenters. The standard InChI is InChI=1S/C16H23NO2/c1-12(5-4-10-18)17-16(19)11-14-9-8-13-6-2-3-7-15(13)14/h2-3,6-7,12,14,18H,4-5,8-11H2,1H3,(H,17,19). The largest absolute Gasteiger partial charge is 0.396 e. The van der Waals surface area contributed by atoms with Crippen molar-refractivity contribution in [3.05, 3.63) is 35.4 Å². The Morgan fingerprint density at radius 1 is 1.47 bits per heavy atom. The lowest BCUT2D eigenvalue weighted by Crippen LogP contribution is -2.33. The molecule has 0 bridgehead atoms. The van der Waals surface area contributed by atoms with Crippen LogP contribution in [0.25, 0.3) is 0 Å². The average molecular weight is 261 g/mol. The third-order valence-electron chi connectivity index (χ3n) is 3.89. The van der Waals surface area contributed by atoms with E-state index in [9.17, 15) is 4.79 Å². The van der Waals surface area contributed by atoms with Gasteiger partial charge in [-0.1, -0.05) is 24.3 Å². The molecule has 3 heteroatoms. The minimum atomic E-state index is 0.132. The van der Waals surface area contributed by atoms with E-state index in [0.717, 1.165) is 25.7 Å². The summed E-state index contributed by atoms with van der Waals surface area (Å²) in [6.45, 7) is 2.19. The third kappa shape index (κ3) is 3.80. The second-order valence-electron chi connectivity index (χ2n) is 5.47. The van der Waals surface area contributed by atoms with Crippen molar-refractivity contribution in [3.63, 3.8) is 0 Å². The minimum absolute atomic E-state index is 0.132. The van der Waals surface area contributed by atoms with Crippen LogP contribution in [0.2, 0.25) is 0 Å². The Kier molecular flexibility index (Phi) is 4.97. The Bertz CT molecular complexity index is 431. The molecule has 104 valence electrons. The van der Waals surface area contributed by atoms with Gasteiger partial charge in [0.05, 0.1) is 0 Å². The highest BCUT2D eigenvalue weighted by Gasteiger charge is 2.24. The summed E-state index contributed by atoms with van der Waals surface area (Å²) >= 11 is 0. The molecule has 19 heavy (non-hydrogen) atoms. The fourth-order valence-corrected chi connectivity index (χ4v) is 2.88. The van der Waals surface area contributed by atoms with Crippen LogP contribution in [-0.2, 0) is 11.2 Å². The number of nitrogens with one attached hydrogen (secondary N) is 1. The fourth-order valence-electron chi connectivity index (χ4n) is 2.88. The van der Waals surface area contributed by atoms with Crippen molar-refractivity contribution in [3.8, 4) is 0 Å². The van der Waals surface area contributed by atoms with Gasteiger partial charge < -0.3 is 10.4 Å². The molecule has 0 heterocycles. The van der Waals surface area contributed by atoms with Crippen LogP contribution in [0, 0.1) is 0 Å². The van der Waals surface area contributed by atoms with Gasteiger partial charge in [0.15, 0.2) is 0 Å². The van der Waals surface area contributed by atoms with Crippen molar-refractivity contribution in [2.75, 3.05) is 6.61 Å². The van der Waals surface area contributed by atoms with Crippen LogP contribution in [0.3, 0.4) is 0 Å². The van der Waals surface area contributed by atoms with Crippen molar-refractivity contribution in [2.24, 2.45) is 0 Å². The smallest absolute Gasteiger partial charge is 0.220 e. The molecule has 0 fully saturated rings. The first-order chi connectivity index (χ1) is 9.20. The van der Waals surface area contributed by atoms with Crippen molar-refractivity contribution in [1.82, 2.24) is 5.32 Å². The highest BCUT2D eigenvalue weighted by atomic mass is 16.2. The van der Waals surface area contributed by atoms with Crippen LogP contribution in [0.1, 0.15) is 49.7 Å². The molecule has 0 saturated heterocycles. The Balaban J connectivity index is 1.84. The van der Waals surface area contributed by atoms with Crippen LogP contribution in [-0.4, -0.2) is 23.7 Å². The Hall–Kier alpha value is -1.35. The Morgan fingerprint density at radius 3 is 3.05 bits per heavy atom. The number of aliphatic hydroxyl groups excluding tert-OH is 1. The van der Waals surface area contributed by atoms with Crippen molar-refractivity contribution < 1.29 is 9.90 Å². The number of benzene rings is 1. The summed E-state index contributed by atoms with van der Waals surface area (Å²) in [5.41, 5.74) is 2.74. The van der Waals surface area contributed by atoms with E-state index in [1.165, 1.54) is 11.1 Å². The maximum atomic E-state index is 12.0. The number of amides is 1. The molecule has 1 amide bonds. The Labute approximate surface area is 115 Å². The first-order valence-corrected chi connectivity index (χ1v) is 7.18. The summed E-state index contributed by atoms with van der Waals surface area (Å²) in [6.07, 6.45) is 4.34. The molecule has 2 N–H and O–H groups in total. The lowest BCUT2D eigenvalue weighted by Gasteiger charge is -2.16. The van der Waals surface area contributed by atoms with Crippen LogP contribution < -0.4 is 5.32 Å². The quantitative estimate of drug-likeness (QED) is 0.826. The van der Waals surface area contributed by atoms with E-state index in [2.05, 4.69) is 29.6 Å². The zero-order chi connectivity index (χ0) is 13.7. The molecule has 0 radical (unpaired) electrons. The van der Waals surface area contributed by atoms with Crippen LogP contribution >= 0.6 is 0 Å².